The Morgan fingerprint density at radius 1 is 1.35 bits per heavy atom. The smallest absolute Gasteiger partial charge is 0.261 e. The summed E-state index contributed by atoms with van der Waals surface area (Å²) in [7, 11) is 1.65. The lowest BCUT2D eigenvalue weighted by Crippen LogP contribution is -2.26. The number of carbonyl (C=O) groups excluding carboxylic acids is 1. The average Bonchev–Trinajstić information content (AvgIpc) is 2.46. The van der Waals surface area contributed by atoms with Crippen LogP contribution in [0.15, 0.2) is 36.5 Å². The Kier molecular flexibility index (Phi) is 4.02. The fourth-order valence-electron chi connectivity index (χ4n) is 1.74. The Morgan fingerprint density at radius 2 is 2.00 bits per heavy atom. The van der Waals surface area contributed by atoms with Gasteiger partial charge in [0.15, 0.2) is 0 Å². The fraction of sp³-hybridized carbons (Fsp3) is 0.133. The van der Waals surface area contributed by atoms with Gasteiger partial charge < -0.3 is 4.90 Å². The molecule has 1 amide bonds. The summed E-state index contributed by atoms with van der Waals surface area (Å²) < 4.78 is 0. The maximum atomic E-state index is 12.4. The molecule has 0 fully saturated rings. The number of nitrogens with zero attached hydrogens (tertiary/aromatic N) is 3. The molecule has 0 unspecified atom stereocenters. The summed E-state index contributed by atoms with van der Waals surface area (Å²) in [5.74, 6) is -0.243. The van der Waals surface area contributed by atoms with Gasteiger partial charge in [-0.15, -0.1) is 0 Å². The van der Waals surface area contributed by atoms with Crippen LogP contribution >= 0.6 is 11.6 Å². The van der Waals surface area contributed by atoms with Crippen molar-refractivity contribution in [2.24, 2.45) is 0 Å². The number of carbonyl (C=O) groups is 1. The molecule has 0 N–H and O–H groups in total. The summed E-state index contributed by atoms with van der Waals surface area (Å²) in [6, 6.07) is 10.4. The van der Waals surface area contributed by atoms with Gasteiger partial charge in [0.05, 0.1) is 22.2 Å². The number of hydrogen-bond acceptors (Lipinski definition) is 3. The van der Waals surface area contributed by atoms with Gasteiger partial charge in [0, 0.05) is 24.6 Å². The van der Waals surface area contributed by atoms with E-state index in [0.717, 1.165) is 5.69 Å². The molecule has 2 aromatic rings. The van der Waals surface area contributed by atoms with Gasteiger partial charge in [0.25, 0.3) is 5.91 Å². The van der Waals surface area contributed by atoms with E-state index < -0.39 is 0 Å². The molecule has 1 aromatic heterocycles. The fourth-order valence-corrected chi connectivity index (χ4v) is 2.03. The summed E-state index contributed by atoms with van der Waals surface area (Å²) in [6.45, 7) is 1.81. The van der Waals surface area contributed by atoms with E-state index >= 15 is 0 Å². The molecule has 0 saturated carbocycles. The van der Waals surface area contributed by atoms with Crippen LogP contribution in [-0.2, 0) is 0 Å². The minimum atomic E-state index is -0.243. The van der Waals surface area contributed by atoms with Gasteiger partial charge in [-0.1, -0.05) is 11.6 Å². The van der Waals surface area contributed by atoms with E-state index in [1.807, 2.05) is 13.0 Å². The first-order valence-electron chi connectivity index (χ1n) is 5.93. The van der Waals surface area contributed by atoms with Crippen LogP contribution in [0.2, 0.25) is 5.02 Å². The van der Waals surface area contributed by atoms with Crippen LogP contribution in [0.1, 0.15) is 21.6 Å². The third kappa shape index (κ3) is 2.79. The van der Waals surface area contributed by atoms with Crippen LogP contribution in [0.5, 0.6) is 0 Å². The Balaban J connectivity index is 2.30. The number of rotatable bonds is 2. The van der Waals surface area contributed by atoms with Gasteiger partial charge in [-0.25, -0.2) is 0 Å². The lowest BCUT2D eigenvalue weighted by Gasteiger charge is -2.18. The molecule has 0 spiro atoms. The molecule has 20 heavy (non-hydrogen) atoms. The lowest BCUT2D eigenvalue weighted by molar-refractivity contribution is 0.0993. The second-order valence-electron chi connectivity index (χ2n) is 4.33. The van der Waals surface area contributed by atoms with Gasteiger partial charge in [0.2, 0.25) is 0 Å². The zero-order chi connectivity index (χ0) is 14.7. The molecule has 0 radical (unpaired) electrons. The number of nitriles is 1. The molecule has 4 nitrogen and oxygen atoms in total. The van der Waals surface area contributed by atoms with Gasteiger partial charge in [-0.05, 0) is 37.3 Å². The summed E-state index contributed by atoms with van der Waals surface area (Å²) in [4.78, 5) is 17.9. The molecule has 0 aliphatic heterocycles. The number of aryl methyl sites for hydroxylation is 1. The number of anilines is 1. The van der Waals surface area contributed by atoms with Crippen molar-refractivity contribution in [3.05, 3.63) is 58.4 Å². The number of pyridine rings is 1. The molecule has 1 heterocycles. The Labute approximate surface area is 122 Å². The van der Waals surface area contributed by atoms with Crippen LogP contribution in [-0.4, -0.2) is 17.9 Å². The molecule has 1 aromatic carbocycles. The maximum Gasteiger partial charge on any atom is 0.261 e. The third-order valence-electron chi connectivity index (χ3n) is 2.91. The number of halogens is 1. The lowest BCUT2D eigenvalue weighted by atomic mass is 10.2. The number of benzene rings is 1. The topological polar surface area (TPSA) is 57.0 Å². The molecule has 0 aliphatic rings. The summed E-state index contributed by atoms with van der Waals surface area (Å²) >= 11 is 6.07. The van der Waals surface area contributed by atoms with E-state index in [-0.39, 0.29) is 5.91 Å². The molecular formula is C15H12ClN3O. The highest BCUT2D eigenvalue weighted by molar-refractivity contribution is 6.34. The van der Waals surface area contributed by atoms with E-state index in [1.165, 1.54) is 11.1 Å². The molecule has 0 aliphatic carbocycles. The molecule has 0 atom stereocenters. The highest BCUT2D eigenvalue weighted by Crippen LogP contribution is 2.21. The van der Waals surface area contributed by atoms with Crippen LogP contribution in [0.4, 0.5) is 5.69 Å². The van der Waals surface area contributed by atoms with Crippen molar-refractivity contribution in [2.45, 2.75) is 6.92 Å². The van der Waals surface area contributed by atoms with Gasteiger partial charge in [-0.2, -0.15) is 5.26 Å². The highest BCUT2D eigenvalue weighted by Gasteiger charge is 2.17. The second-order valence-corrected chi connectivity index (χ2v) is 4.74. The first kappa shape index (κ1) is 14.0. The largest absolute Gasteiger partial charge is 0.311 e. The van der Waals surface area contributed by atoms with Gasteiger partial charge in [0.1, 0.15) is 0 Å². The third-order valence-corrected chi connectivity index (χ3v) is 3.22. The zero-order valence-electron chi connectivity index (χ0n) is 11.1. The van der Waals surface area contributed by atoms with Crippen molar-refractivity contribution < 1.29 is 4.79 Å². The normalized spacial score (nSPS) is 9.90. The molecule has 2 rings (SSSR count). The van der Waals surface area contributed by atoms with E-state index in [4.69, 9.17) is 16.9 Å². The molecular weight excluding hydrogens is 274 g/mol. The minimum absolute atomic E-state index is 0.243. The van der Waals surface area contributed by atoms with Crippen molar-refractivity contribution in [1.29, 1.82) is 5.26 Å². The molecule has 100 valence electrons. The van der Waals surface area contributed by atoms with Crippen molar-refractivity contribution in [1.82, 2.24) is 4.98 Å². The van der Waals surface area contributed by atoms with Crippen LogP contribution in [0.25, 0.3) is 0 Å². The Hall–Kier alpha value is -2.38. The summed E-state index contributed by atoms with van der Waals surface area (Å²) in [5, 5.41) is 9.14. The van der Waals surface area contributed by atoms with Crippen LogP contribution in [0.3, 0.4) is 0 Å². The van der Waals surface area contributed by atoms with Crippen molar-refractivity contribution in [2.75, 3.05) is 11.9 Å². The number of aromatic nitrogens is 1. The summed E-state index contributed by atoms with van der Waals surface area (Å²) in [6.07, 6.45) is 1.47. The summed E-state index contributed by atoms with van der Waals surface area (Å²) in [5.41, 5.74) is 2.34. The Bertz CT molecular complexity index is 689. The standard InChI is InChI=1S/C15H12ClN3O/c1-10-7-14(16)13(9-18-10)15(20)19(2)12-5-3-11(8-17)4-6-12/h3-7,9H,1-2H3. The highest BCUT2D eigenvalue weighted by atomic mass is 35.5. The first-order chi connectivity index (χ1) is 9.52. The van der Waals surface area contributed by atoms with Crippen LogP contribution < -0.4 is 4.90 Å². The SMILES string of the molecule is Cc1cc(Cl)c(C(=O)N(C)c2ccc(C#N)cc2)cn1. The van der Waals surface area contributed by atoms with E-state index in [0.29, 0.717) is 21.8 Å². The van der Waals surface area contributed by atoms with Gasteiger partial charge >= 0.3 is 0 Å². The van der Waals surface area contributed by atoms with Crippen molar-refractivity contribution in [3.8, 4) is 6.07 Å². The van der Waals surface area contributed by atoms with E-state index in [2.05, 4.69) is 4.98 Å². The van der Waals surface area contributed by atoms with Gasteiger partial charge in [-0.3, -0.25) is 9.78 Å². The monoisotopic (exact) mass is 285 g/mol. The van der Waals surface area contributed by atoms with E-state index in [1.54, 1.807) is 37.4 Å². The first-order valence-corrected chi connectivity index (χ1v) is 6.31. The quantitative estimate of drug-likeness (QED) is 0.851. The van der Waals surface area contributed by atoms with Crippen LogP contribution in [0, 0.1) is 18.3 Å². The van der Waals surface area contributed by atoms with Crippen molar-refractivity contribution >= 4 is 23.2 Å². The van der Waals surface area contributed by atoms with E-state index in [9.17, 15) is 4.79 Å². The predicted octanol–water partition coefficient (Wildman–Crippen LogP) is 3.19. The number of amides is 1. The molecule has 5 heteroatoms. The second kappa shape index (κ2) is 5.72. The van der Waals surface area contributed by atoms with Crippen molar-refractivity contribution in [3.63, 3.8) is 0 Å². The zero-order valence-corrected chi connectivity index (χ0v) is 11.8. The maximum absolute atomic E-state index is 12.4. The predicted molar refractivity (Wildman–Crippen MR) is 77.9 cm³/mol. The Morgan fingerprint density at radius 3 is 2.55 bits per heavy atom. The molecule has 0 saturated heterocycles. The minimum Gasteiger partial charge on any atom is -0.311 e. The number of hydrogen-bond donors (Lipinski definition) is 0. The average molecular weight is 286 g/mol. The molecule has 0 bridgehead atoms.